The Bertz CT molecular complexity index is 1660. The molecule has 0 amide bonds. The Morgan fingerprint density at radius 2 is 1.92 bits per heavy atom. The molecular weight excluding hydrogens is 644 g/mol. The maximum absolute atomic E-state index is 13.3. The molecule has 2 saturated heterocycles. The van der Waals surface area contributed by atoms with Crippen LogP contribution in [0.15, 0.2) is 71.7 Å². The van der Waals surface area contributed by atoms with Crippen LogP contribution in [0.3, 0.4) is 0 Å². The standard InChI is InChI=1S/C33H36N4O12/c1-43-33(14-19-44-20-15-33)49-29-28(38)26(21-46-32(40)48-25(11-16-34)23-5-3-2-4-6-23)47-30(29)36-17-12-27(35-31(36)39)45-18-13-22-7-9-24(10-8-22)37(41)42/h2-10,12,17,25-26,28-30,38H,11,13-15,18-21H2,1H3/t25?,26-,28-,29-,30-/m1/s1. The quantitative estimate of drug-likeness (QED) is 0.112. The molecule has 0 saturated carbocycles. The van der Waals surface area contributed by atoms with E-state index in [4.69, 9.17) is 33.2 Å². The molecule has 2 aliphatic rings. The highest BCUT2D eigenvalue weighted by Crippen LogP contribution is 2.37. The second-order valence-electron chi connectivity index (χ2n) is 11.3. The first-order valence-electron chi connectivity index (χ1n) is 15.6. The first-order chi connectivity index (χ1) is 23.7. The molecule has 1 aromatic heterocycles. The highest BCUT2D eigenvalue weighted by molar-refractivity contribution is 5.60. The van der Waals surface area contributed by atoms with Crippen molar-refractivity contribution in [2.75, 3.05) is 33.5 Å². The monoisotopic (exact) mass is 680 g/mol. The lowest BCUT2D eigenvalue weighted by Gasteiger charge is -2.39. The molecule has 260 valence electrons. The van der Waals surface area contributed by atoms with Crippen LogP contribution in [0.5, 0.6) is 5.88 Å². The lowest BCUT2D eigenvalue weighted by Crippen LogP contribution is -2.49. The summed E-state index contributed by atoms with van der Waals surface area (Å²) in [6.45, 7) is 0.379. The zero-order chi connectivity index (χ0) is 34.8. The van der Waals surface area contributed by atoms with Gasteiger partial charge in [-0.1, -0.05) is 42.5 Å². The van der Waals surface area contributed by atoms with Gasteiger partial charge in [0, 0.05) is 50.8 Å². The second kappa shape index (κ2) is 16.5. The van der Waals surface area contributed by atoms with Crippen LogP contribution in [-0.4, -0.2) is 83.4 Å². The van der Waals surface area contributed by atoms with Gasteiger partial charge in [0.15, 0.2) is 12.0 Å². The van der Waals surface area contributed by atoms with E-state index in [-0.39, 0.29) is 24.6 Å². The predicted molar refractivity (Wildman–Crippen MR) is 167 cm³/mol. The molecule has 0 bridgehead atoms. The Morgan fingerprint density at radius 1 is 1.18 bits per heavy atom. The second-order valence-corrected chi connectivity index (χ2v) is 11.3. The summed E-state index contributed by atoms with van der Waals surface area (Å²) < 4.78 is 41.0. The van der Waals surface area contributed by atoms with Gasteiger partial charge in [-0.15, -0.1) is 0 Å². The normalized spacial score (nSPS) is 22.1. The van der Waals surface area contributed by atoms with E-state index in [9.17, 15) is 30.1 Å². The summed E-state index contributed by atoms with van der Waals surface area (Å²) in [7, 11) is 1.47. The van der Waals surface area contributed by atoms with Crippen molar-refractivity contribution in [3.8, 4) is 11.9 Å². The Labute approximate surface area is 280 Å². The number of aromatic nitrogens is 2. The first kappa shape index (κ1) is 35.4. The van der Waals surface area contributed by atoms with Crippen molar-refractivity contribution in [2.24, 2.45) is 0 Å². The van der Waals surface area contributed by atoms with Crippen LogP contribution in [0.4, 0.5) is 10.5 Å². The number of nitro benzene ring substituents is 1. The smallest absolute Gasteiger partial charge is 0.477 e. The number of hydrogen-bond donors (Lipinski definition) is 1. The topological polar surface area (TPSA) is 204 Å². The van der Waals surface area contributed by atoms with Gasteiger partial charge in [0.05, 0.1) is 37.2 Å². The van der Waals surface area contributed by atoms with E-state index in [0.29, 0.717) is 38.0 Å². The SMILES string of the molecule is COC1(O[C@@H]2[C@H](O)[C@@H](COC(=O)OC(CC#N)c3ccccc3)O[C@H]2n2ccc(OCCc3ccc([N+](=O)[O-])cc3)nc2=O)CCOCC1. The molecule has 5 atom stereocenters. The summed E-state index contributed by atoms with van der Waals surface area (Å²) in [6.07, 6.45) is -4.46. The van der Waals surface area contributed by atoms with Crippen molar-refractivity contribution in [2.45, 2.75) is 62.1 Å². The Morgan fingerprint density at radius 3 is 2.57 bits per heavy atom. The Hall–Kier alpha value is -4.92. The van der Waals surface area contributed by atoms with E-state index in [1.165, 1.54) is 31.5 Å². The minimum Gasteiger partial charge on any atom is -0.477 e. The molecule has 16 nitrogen and oxygen atoms in total. The molecule has 5 rings (SSSR count). The maximum atomic E-state index is 13.3. The molecule has 0 aliphatic carbocycles. The molecule has 2 aliphatic heterocycles. The van der Waals surface area contributed by atoms with E-state index >= 15 is 0 Å². The number of nitro groups is 1. The predicted octanol–water partition coefficient (Wildman–Crippen LogP) is 3.38. The van der Waals surface area contributed by atoms with Gasteiger partial charge in [0.1, 0.15) is 31.0 Å². The van der Waals surface area contributed by atoms with Gasteiger partial charge in [0.25, 0.3) is 5.69 Å². The van der Waals surface area contributed by atoms with Crippen LogP contribution in [0.1, 0.15) is 42.7 Å². The van der Waals surface area contributed by atoms with Crippen LogP contribution in [0, 0.1) is 21.4 Å². The maximum Gasteiger partial charge on any atom is 0.509 e. The number of hydrogen-bond acceptors (Lipinski definition) is 14. The molecule has 1 unspecified atom stereocenters. The average molecular weight is 681 g/mol. The molecule has 3 aromatic rings. The highest BCUT2D eigenvalue weighted by Gasteiger charge is 2.51. The van der Waals surface area contributed by atoms with E-state index in [1.807, 2.05) is 6.07 Å². The number of non-ortho nitro benzene ring substituents is 1. The van der Waals surface area contributed by atoms with E-state index in [1.54, 1.807) is 42.5 Å². The first-order valence-corrected chi connectivity index (χ1v) is 15.6. The van der Waals surface area contributed by atoms with E-state index in [0.717, 1.165) is 10.1 Å². The number of nitriles is 1. The number of nitrogens with zero attached hydrogens (tertiary/aromatic N) is 4. The molecular formula is C33H36N4O12. The van der Waals surface area contributed by atoms with Gasteiger partial charge >= 0.3 is 11.8 Å². The van der Waals surface area contributed by atoms with Crippen molar-refractivity contribution in [1.29, 1.82) is 5.26 Å². The highest BCUT2D eigenvalue weighted by atomic mass is 16.7. The third kappa shape index (κ3) is 8.96. The molecule has 16 heteroatoms. The van der Waals surface area contributed by atoms with Gasteiger partial charge in [-0.2, -0.15) is 10.2 Å². The van der Waals surface area contributed by atoms with Gasteiger partial charge < -0.3 is 38.3 Å². The van der Waals surface area contributed by atoms with Gasteiger partial charge in [-0.05, 0) is 11.1 Å². The third-order valence-electron chi connectivity index (χ3n) is 8.21. The number of benzene rings is 2. The molecule has 1 N–H and O–H groups in total. The van der Waals surface area contributed by atoms with Crippen molar-refractivity contribution in [3.05, 3.63) is 98.6 Å². The summed E-state index contributed by atoms with van der Waals surface area (Å²) >= 11 is 0. The fourth-order valence-corrected chi connectivity index (χ4v) is 5.51. The van der Waals surface area contributed by atoms with Crippen LogP contribution in [0.25, 0.3) is 0 Å². The van der Waals surface area contributed by atoms with E-state index < -0.39 is 59.8 Å². The lowest BCUT2D eigenvalue weighted by atomic mass is 10.1. The Kier molecular flexibility index (Phi) is 11.9. The van der Waals surface area contributed by atoms with Crippen LogP contribution in [-0.2, 0) is 34.8 Å². The fourth-order valence-electron chi connectivity index (χ4n) is 5.51. The largest absolute Gasteiger partial charge is 0.509 e. The van der Waals surface area contributed by atoms with Crippen LogP contribution < -0.4 is 10.4 Å². The number of aliphatic hydroxyl groups is 1. The van der Waals surface area contributed by atoms with Gasteiger partial charge in [-0.25, -0.2) is 9.59 Å². The number of ether oxygens (including phenoxy) is 7. The van der Waals surface area contributed by atoms with Crippen molar-refractivity contribution in [1.82, 2.24) is 9.55 Å². The van der Waals surface area contributed by atoms with Gasteiger partial charge in [0.2, 0.25) is 5.88 Å². The van der Waals surface area contributed by atoms with Crippen molar-refractivity contribution < 1.29 is 48.0 Å². The van der Waals surface area contributed by atoms with E-state index in [2.05, 4.69) is 4.98 Å². The summed E-state index contributed by atoms with van der Waals surface area (Å²) in [6, 6.07) is 18.2. The molecule has 3 heterocycles. The average Bonchev–Trinajstić information content (AvgIpc) is 3.41. The summed E-state index contributed by atoms with van der Waals surface area (Å²) in [5, 5.41) is 31.5. The number of carbonyl (C=O) groups is 1. The molecule has 0 radical (unpaired) electrons. The van der Waals surface area contributed by atoms with Crippen LogP contribution in [0.2, 0.25) is 0 Å². The minimum atomic E-state index is -1.39. The number of rotatable bonds is 14. The Balaban J connectivity index is 1.27. The summed E-state index contributed by atoms with van der Waals surface area (Å²) in [5.74, 6) is -1.11. The number of carbonyl (C=O) groups excluding carboxylic acids is 1. The molecule has 49 heavy (non-hydrogen) atoms. The van der Waals surface area contributed by atoms with Crippen molar-refractivity contribution >= 4 is 11.8 Å². The fraction of sp³-hybridized carbons (Fsp3) is 0.455. The molecule has 2 aromatic carbocycles. The van der Waals surface area contributed by atoms with Crippen LogP contribution >= 0.6 is 0 Å². The lowest BCUT2D eigenvalue weighted by molar-refractivity contribution is -0.384. The number of methoxy groups -OCH3 is 1. The summed E-state index contributed by atoms with van der Waals surface area (Å²) in [4.78, 5) is 40.3. The summed E-state index contributed by atoms with van der Waals surface area (Å²) in [5.41, 5.74) is 0.620. The van der Waals surface area contributed by atoms with Crippen molar-refractivity contribution in [3.63, 3.8) is 0 Å². The number of aliphatic hydroxyl groups excluding tert-OH is 1. The van der Waals surface area contributed by atoms with Gasteiger partial charge in [-0.3, -0.25) is 14.7 Å². The molecule has 2 fully saturated rings. The molecule has 0 spiro atoms. The third-order valence-corrected chi connectivity index (χ3v) is 8.21. The zero-order valence-corrected chi connectivity index (χ0v) is 26.6. The minimum absolute atomic E-state index is 0.0225. The zero-order valence-electron chi connectivity index (χ0n) is 26.6.